The number of benzene rings is 2. The van der Waals surface area contributed by atoms with Gasteiger partial charge in [0.05, 0.1) is 27.5 Å². The summed E-state index contributed by atoms with van der Waals surface area (Å²) in [4.78, 5) is 11.7. The molecule has 0 amide bonds. The zero-order valence-corrected chi connectivity index (χ0v) is 16.4. The highest BCUT2D eigenvalue weighted by atomic mass is 35.5. The average Bonchev–Trinajstić information content (AvgIpc) is 2.93. The predicted octanol–water partition coefficient (Wildman–Crippen LogP) is 5.37. The molecule has 0 fully saturated rings. The highest BCUT2D eigenvalue weighted by molar-refractivity contribution is 6.31. The van der Waals surface area contributed by atoms with Crippen molar-refractivity contribution in [1.29, 1.82) is 0 Å². The molecule has 1 N–H and O–H groups in total. The maximum absolute atomic E-state index is 13.3. The van der Waals surface area contributed by atoms with Gasteiger partial charge in [0, 0.05) is 19.5 Å². The predicted molar refractivity (Wildman–Crippen MR) is 102 cm³/mol. The Kier molecular flexibility index (Phi) is 5.32. The van der Waals surface area contributed by atoms with E-state index in [9.17, 15) is 23.1 Å². The standard InChI is InChI=1S/C20H16ClF3N2O3/c1-10-8-16(26(3)25-10)13-5-7-17(28)18(19(13)29-11(2)27)12-4-6-15(21)14(9-12)20(22,23)24/h4-9,28H,1-3H3. The SMILES string of the molecule is CC(=O)Oc1c(-c2cc(C)nn2C)ccc(O)c1-c1ccc(Cl)c(C(F)(F)F)c1. The van der Waals surface area contributed by atoms with Crippen LogP contribution in [0.5, 0.6) is 11.5 Å². The van der Waals surface area contributed by atoms with Gasteiger partial charge in [0.15, 0.2) is 5.75 Å². The number of ether oxygens (including phenoxy) is 1. The summed E-state index contributed by atoms with van der Waals surface area (Å²) in [6, 6.07) is 7.76. The minimum atomic E-state index is -4.69. The fraction of sp³-hybridized carbons (Fsp3) is 0.200. The highest BCUT2D eigenvalue weighted by Gasteiger charge is 2.34. The normalized spacial score (nSPS) is 11.6. The van der Waals surface area contributed by atoms with Crippen LogP contribution in [0, 0.1) is 6.92 Å². The molecule has 0 spiro atoms. The lowest BCUT2D eigenvalue weighted by Gasteiger charge is -2.17. The van der Waals surface area contributed by atoms with E-state index < -0.39 is 22.7 Å². The molecule has 5 nitrogen and oxygen atoms in total. The van der Waals surface area contributed by atoms with Gasteiger partial charge in [0.25, 0.3) is 0 Å². The Morgan fingerprint density at radius 2 is 1.90 bits per heavy atom. The lowest BCUT2D eigenvalue weighted by molar-refractivity contribution is -0.137. The average molecular weight is 425 g/mol. The summed E-state index contributed by atoms with van der Waals surface area (Å²) >= 11 is 5.70. The number of phenols is 1. The van der Waals surface area contributed by atoms with E-state index in [1.54, 1.807) is 24.7 Å². The molecule has 2 aromatic carbocycles. The van der Waals surface area contributed by atoms with Crippen molar-refractivity contribution in [3.63, 3.8) is 0 Å². The number of nitrogens with zero attached hydrogens (tertiary/aromatic N) is 2. The van der Waals surface area contributed by atoms with Crippen molar-refractivity contribution in [2.45, 2.75) is 20.0 Å². The van der Waals surface area contributed by atoms with Crippen molar-refractivity contribution < 1.29 is 27.8 Å². The Bertz CT molecular complexity index is 1110. The minimum absolute atomic E-state index is 0.00350. The van der Waals surface area contributed by atoms with Gasteiger partial charge < -0.3 is 9.84 Å². The smallest absolute Gasteiger partial charge is 0.417 e. The van der Waals surface area contributed by atoms with Gasteiger partial charge in [0.1, 0.15) is 5.75 Å². The third kappa shape index (κ3) is 4.07. The summed E-state index contributed by atoms with van der Waals surface area (Å²) in [7, 11) is 1.68. The first kappa shape index (κ1) is 20.7. The number of rotatable bonds is 3. The van der Waals surface area contributed by atoms with Crippen LogP contribution in [0.3, 0.4) is 0 Å². The van der Waals surface area contributed by atoms with Crippen molar-refractivity contribution in [1.82, 2.24) is 9.78 Å². The second kappa shape index (κ2) is 7.44. The summed E-state index contributed by atoms with van der Waals surface area (Å²) in [5.74, 6) is -1.11. The summed E-state index contributed by atoms with van der Waals surface area (Å²) in [5.41, 5.74) is 0.517. The van der Waals surface area contributed by atoms with E-state index in [1.165, 1.54) is 18.2 Å². The number of aromatic hydroxyl groups is 1. The van der Waals surface area contributed by atoms with E-state index in [1.807, 2.05) is 0 Å². The van der Waals surface area contributed by atoms with Crippen LogP contribution in [0.1, 0.15) is 18.2 Å². The Morgan fingerprint density at radius 3 is 2.45 bits per heavy atom. The Morgan fingerprint density at radius 1 is 1.21 bits per heavy atom. The summed E-state index contributed by atoms with van der Waals surface area (Å²) in [6.07, 6.45) is -4.69. The lowest BCUT2D eigenvalue weighted by Crippen LogP contribution is -2.07. The number of esters is 1. The zero-order chi connectivity index (χ0) is 21.5. The summed E-state index contributed by atoms with van der Waals surface area (Å²) in [6.45, 7) is 2.93. The second-order valence-corrected chi connectivity index (χ2v) is 6.82. The lowest BCUT2D eigenvalue weighted by atomic mass is 9.97. The number of halogens is 4. The van der Waals surface area contributed by atoms with Gasteiger partial charge >= 0.3 is 12.1 Å². The van der Waals surface area contributed by atoms with Crippen LogP contribution in [-0.2, 0) is 18.0 Å². The van der Waals surface area contributed by atoms with Crippen molar-refractivity contribution in [2.24, 2.45) is 7.05 Å². The van der Waals surface area contributed by atoms with E-state index in [0.717, 1.165) is 19.1 Å². The summed E-state index contributed by atoms with van der Waals surface area (Å²) < 4.78 is 46.8. The molecule has 0 aliphatic heterocycles. The van der Waals surface area contributed by atoms with E-state index >= 15 is 0 Å². The van der Waals surface area contributed by atoms with Gasteiger partial charge in [-0.25, -0.2) is 0 Å². The molecule has 0 saturated carbocycles. The number of hydrogen-bond acceptors (Lipinski definition) is 4. The van der Waals surface area contributed by atoms with Gasteiger partial charge in [0.2, 0.25) is 0 Å². The van der Waals surface area contributed by atoms with Crippen LogP contribution >= 0.6 is 11.6 Å². The number of hydrogen-bond donors (Lipinski definition) is 1. The molecule has 3 rings (SSSR count). The minimum Gasteiger partial charge on any atom is -0.507 e. The summed E-state index contributed by atoms with van der Waals surface area (Å²) in [5, 5.41) is 14.2. The molecule has 0 aliphatic carbocycles. The quantitative estimate of drug-likeness (QED) is 0.453. The fourth-order valence-electron chi connectivity index (χ4n) is 3.06. The second-order valence-electron chi connectivity index (χ2n) is 6.42. The van der Waals surface area contributed by atoms with Crippen LogP contribution in [0.4, 0.5) is 13.2 Å². The molecule has 0 atom stereocenters. The van der Waals surface area contributed by atoms with Crippen molar-refractivity contribution in [3.05, 3.63) is 52.7 Å². The first-order chi connectivity index (χ1) is 13.5. The van der Waals surface area contributed by atoms with Gasteiger partial charge in [-0.2, -0.15) is 18.3 Å². The molecule has 9 heteroatoms. The van der Waals surface area contributed by atoms with Crippen LogP contribution in [0.15, 0.2) is 36.4 Å². The highest BCUT2D eigenvalue weighted by Crippen LogP contribution is 2.46. The molecule has 29 heavy (non-hydrogen) atoms. The van der Waals surface area contributed by atoms with Crippen LogP contribution in [0.2, 0.25) is 5.02 Å². The molecule has 1 heterocycles. The third-order valence-corrected chi connectivity index (χ3v) is 4.55. The van der Waals surface area contributed by atoms with Gasteiger partial charge in [-0.05, 0) is 42.8 Å². The first-order valence-electron chi connectivity index (χ1n) is 8.41. The largest absolute Gasteiger partial charge is 0.507 e. The molecular formula is C20H16ClF3N2O3. The van der Waals surface area contributed by atoms with Crippen LogP contribution in [0.25, 0.3) is 22.4 Å². The number of aryl methyl sites for hydroxylation is 2. The maximum Gasteiger partial charge on any atom is 0.417 e. The van der Waals surface area contributed by atoms with Crippen molar-refractivity contribution in [3.8, 4) is 33.9 Å². The van der Waals surface area contributed by atoms with E-state index in [4.69, 9.17) is 16.3 Å². The van der Waals surface area contributed by atoms with Crippen LogP contribution < -0.4 is 4.74 Å². The van der Waals surface area contributed by atoms with E-state index in [-0.39, 0.29) is 22.6 Å². The van der Waals surface area contributed by atoms with Gasteiger partial charge in [-0.3, -0.25) is 9.48 Å². The molecule has 0 aliphatic rings. The van der Waals surface area contributed by atoms with Gasteiger partial charge in [-0.1, -0.05) is 17.7 Å². The number of aromatic nitrogens is 2. The molecular weight excluding hydrogens is 409 g/mol. The number of alkyl halides is 3. The Balaban J connectivity index is 2.33. The molecule has 0 bridgehead atoms. The van der Waals surface area contributed by atoms with Gasteiger partial charge in [-0.15, -0.1) is 0 Å². The number of phenolic OH excluding ortho intramolecular Hbond substituents is 1. The monoisotopic (exact) mass is 424 g/mol. The molecule has 152 valence electrons. The van der Waals surface area contributed by atoms with Crippen LogP contribution in [-0.4, -0.2) is 20.9 Å². The van der Waals surface area contributed by atoms with E-state index in [0.29, 0.717) is 17.0 Å². The molecule has 1 aromatic heterocycles. The fourth-order valence-corrected chi connectivity index (χ4v) is 3.29. The van der Waals surface area contributed by atoms with Crippen molar-refractivity contribution in [2.75, 3.05) is 0 Å². The maximum atomic E-state index is 13.3. The third-order valence-electron chi connectivity index (χ3n) is 4.22. The number of carbonyl (C=O) groups is 1. The van der Waals surface area contributed by atoms with E-state index in [2.05, 4.69) is 5.10 Å². The number of carbonyl (C=O) groups excluding carboxylic acids is 1. The first-order valence-corrected chi connectivity index (χ1v) is 8.79. The van der Waals surface area contributed by atoms with Crippen molar-refractivity contribution >= 4 is 17.6 Å². The topological polar surface area (TPSA) is 64.3 Å². The molecule has 0 unspecified atom stereocenters. The molecule has 3 aromatic rings. The Labute approximate surface area is 169 Å². The molecule has 0 radical (unpaired) electrons. The molecule has 0 saturated heterocycles. The zero-order valence-electron chi connectivity index (χ0n) is 15.6. The Hall–Kier alpha value is -3.00.